The minimum atomic E-state index is -4.91. The van der Waals surface area contributed by atoms with E-state index in [4.69, 9.17) is 9.84 Å². The first-order chi connectivity index (χ1) is 12.4. The van der Waals surface area contributed by atoms with E-state index in [2.05, 4.69) is 4.74 Å². The molecule has 164 valence electrons. The lowest BCUT2D eigenvalue weighted by Crippen LogP contribution is -2.40. The monoisotopic (exact) mass is 424 g/mol. The van der Waals surface area contributed by atoms with Gasteiger partial charge in [0.1, 0.15) is 19.6 Å². The number of hydrogen-bond acceptors (Lipinski definition) is 5. The normalized spacial score (nSPS) is 13.2. The zero-order valence-electron chi connectivity index (χ0n) is 15.5. The van der Waals surface area contributed by atoms with Crippen LogP contribution in [0.4, 0.5) is 26.3 Å². The van der Waals surface area contributed by atoms with Crippen LogP contribution in [0.25, 0.3) is 0 Å². The molecule has 0 bridgehead atoms. The van der Waals surface area contributed by atoms with Gasteiger partial charge < -0.3 is 14.6 Å². The predicted molar refractivity (Wildman–Crippen MR) is 82.3 cm³/mol. The largest absolute Gasteiger partial charge is 0.477 e. The zero-order chi connectivity index (χ0) is 22.4. The number of rotatable bonds is 12. The van der Waals surface area contributed by atoms with Crippen molar-refractivity contribution in [1.82, 2.24) is 0 Å². The van der Waals surface area contributed by atoms with Crippen molar-refractivity contribution in [3.63, 3.8) is 0 Å². The number of carbonyl (C=O) groups excluding carboxylic acids is 2. The standard InChI is InChI=1S/C16H22F6O6/c1-4-13(2,3)12(26)28-6-5-27-10(23)7-14(17,18)8-15(19,20)9-16(21,22)11(24)25/h4-9H2,1-3H3,(H,24,25). The molecule has 0 aromatic carbocycles. The molecule has 0 rings (SSSR count). The third-order valence-corrected chi connectivity index (χ3v) is 3.73. The summed E-state index contributed by atoms with van der Waals surface area (Å²) < 4.78 is 88.4. The predicted octanol–water partition coefficient (Wildman–Crippen LogP) is 3.67. The Labute approximate surface area is 157 Å². The molecular weight excluding hydrogens is 402 g/mol. The highest BCUT2D eigenvalue weighted by Gasteiger charge is 2.53. The van der Waals surface area contributed by atoms with Crippen molar-refractivity contribution >= 4 is 17.9 Å². The summed E-state index contributed by atoms with van der Waals surface area (Å²) in [5, 5.41) is 8.09. The molecule has 0 aliphatic heterocycles. The van der Waals surface area contributed by atoms with Crippen LogP contribution in [0.2, 0.25) is 0 Å². The molecule has 0 spiro atoms. The molecule has 0 heterocycles. The smallest absolute Gasteiger partial charge is 0.374 e. The molecule has 0 unspecified atom stereocenters. The molecule has 6 nitrogen and oxygen atoms in total. The topological polar surface area (TPSA) is 89.9 Å². The maximum atomic E-state index is 13.5. The first-order valence-corrected chi connectivity index (χ1v) is 8.14. The highest BCUT2D eigenvalue weighted by molar-refractivity contribution is 5.76. The van der Waals surface area contributed by atoms with Gasteiger partial charge in [-0.15, -0.1) is 0 Å². The number of esters is 2. The summed E-state index contributed by atoms with van der Waals surface area (Å²) in [5.41, 5.74) is -0.805. The Bertz CT molecular complexity index is 576. The van der Waals surface area contributed by atoms with Crippen LogP contribution in [0.15, 0.2) is 0 Å². The molecule has 28 heavy (non-hydrogen) atoms. The summed E-state index contributed by atoms with van der Waals surface area (Å²) in [4.78, 5) is 33.1. The second-order valence-electron chi connectivity index (χ2n) is 6.85. The van der Waals surface area contributed by atoms with E-state index in [1.807, 2.05) is 0 Å². The molecule has 0 radical (unpaired) electrons. The van der Waals surface area contributed by atoms with Gasteiger partial charge in [-0.1, -0.05) is 6.92 Å². The number of aliphatic carboxylic acids is 1. The molecule has 12 heteroatoms. The second kappa shape index (κ2) is 9.46. The van der Waals surface area contributed by atoms with Gasteiger partial charge in [-0.05, 0) is 20.3 Å². The fourth-order valence-electron chi connectivity index (χ4n) is 1.80. The van der Waals surface area contributed by atoms with Gasteiger partial charge in [0.15, 0.2) is 0 Å². The van der Waals surface area contributed by atoms with Gasteiger partial charge in [-0.2, -0.15) is 8.78 Å². The van der Waals surface area contributed by atoms with Crippen molar-refractivity contribution in [2.45, 2.75) is 64.2 Å². The maximum absolute atomic E-state index is 13.5. The summed E-state index contributed by atoms with van der Waals surface area (Å²) in [6.07, 6.45) is -6.48. The van der Waals surface area contributed by atoms with Gasteiger partial charge in [0.05, 0.1) is 18.3 Å². The SMILES string of the molecule is CCC(C)(C)C(=O)OCCOC(=O)CC(F)(F)CC(F)(F)CC(F)(F)C(=O)O. The van der Waals surface area contributed by atoms with Crippen LogP contribution in [0.5, 0.6) is 0 Å². The van der Waals surface area contributed by atoms with E-state index < -0.39 is 73.6 Å². The van der Waals surface area contributed by atoms with Crippen LogP contribution < -0.4 is 0 Å². The highest BCUT2D eigenvalue weighted by Crippen LogP contribution is 2.39. The van der Waals surface area contributed by atoms with E-state index in [1.165, 1.54) is 0 Å². The van der Waals surface area contributed by atoms with Crippen LogP contribution in [0.1, 0.15) is 46.5 Å². The number of alkyl halides is 6. The molecule has 0 fully saturated rings. The summed E-state index contributed by atoms with van der Waals surface area (Å²) in [6, 6.07) is 0. The van der Waals surface area contributed by atoms with E-state index in [0.717, 1.165) is 0 Å². The Morgan fingerprint density at radius 3 is 1.82 bits per heavy atom. The first-order valence-electron chi connectivity index (χ1n) is 8.14. The second-order valence-corrected chi connectivity index (χ2v) is 6.85. The third kappa shape index (κ3) is 9.27. The highest BCUT2D eigenvalue weighted by atomic mass is 19.3. The average Bonchev–Trinajstić information content (AvgIpc) is 2.47. The lowest BCUT2D eigenvalue weighted by molar-refractivity contribution is -0.190. The van der Waals surface area contributed by atoms with Gasteiger partial charge in [-0.25, -0.2) is 22.4 Å². The maximum Gasteiger partial charge on any atom is 0.374 e. The molecule has 0 aromatic rings. The Morgan fingerprint density at radius 1 is 0.857 bits per heavy atom. The molecule has 0 aliphatic carbocycles. The molecule has 0 amide bonds. The number of carboxylic acid groups (broad SMARTS) is 1. The minimum absolute atomic E-state index is 0.444. The van der Waals surface area contributed by atoms with Crippen molar-refractivity contribution < 1.29 is 55.3 Å². The number of carboxylic acids is 1. The van der Waals surface area contributed by atoms with Crippen LogP contribution in [-0.2, 0) is 23.9 Å². The minimum Gasteiger partial charge on any atom is -0.477 e. The molecule has 1 N–H and O–H groups in total. The van der Waals surface area contributed by atoms with E-state index in [1.54, 1.807) is 20.8 Å². The summed E-state index contributed by atoms with van der Waals surface area (Å²) >= 11 is 0. The van der Waals surface area contributed by atoms with Gasteiger partial charge in [0.25, 0.3) is 11.8 Å². The van der Waals surface area contributed by atoms with E-state index >= 15 is 0 Å². The van der Waals surface area contributed by atoms with Crippen LogP contribution in [-0.4, -0.2) is 54.0 Å². The summed E-state index contributed by atoms with van der Waals surface area (Å²) in [6.45, 7) is 3.87. The van der Waals surface area contributed by atoms with Gasteiger partial charge in [0, 0.05) is 0 Å². The van der Waals surface area contributed by atoms with Crippen LogP contribution in [0, 0.1) is 5.41 Å². The fraction of sp³-hybridized carbons (Fsp3) is 0.812. The number of halogens is 6. The lowest BCUT2D eigenvalue weighted by atomic mass is 9.91. The zero-order valence-corrected chi connectivity index (χ0v) is 15.5. The summed E-state index contributed by atoms with van der Waals surface area (Å²) in [5.74, 6) is -19.2. The Kier molecular flexibility index (Phi) is 8.78. The molecule has 0 aromatic heterocycles. The molecular formula is C16H22F6O6. The van der Waals surface area contributed by atoms with E-state index in [-0.39, 0.29) is 0 Å². The Hall–Kier alpha value is -2.01. The van der Waals surface area contributed by atoms with Crippen molar-refractivity contribution in [3.8, 4) is 0 Å². The molecule has 0 aliphatic rings. The van der Waals surface area contributed by atoms with E-state index in [9.17, 15) is 40.7 Å². The molecule has 0 saturated carbocycles. The van der Waals surface area contributed by atoms with Crippen molar-refractivity contribution in [3.05, 3.63) is 0 Å². The van der Waals surface area contributed by atoms with Crippen molar-refractivity contribution in [2.75, 3.05) is 13.2 Å². The lowest BCUT2D eigenvalue weighted by Gasteiger charge is -2.24. The Morgan fingerprint density at radius 2 is 1.36 bits per heavy atom. The number of carbonyl (C=O) groups is 3. The van der Waals surface area contributed by atoms with Crippen LogP contribution in [0.3, 0.4) is 0 Å². The van der Waals surface area contributed by atoms with Crippen LogP contribution >= 0.6 is 0 Å². The van der Waals surface area contributed by atoms with Crippen molar-refractivity contribution in [1.29, 1.82) is 0 Å². The summed E-state index contributed by atoms with van der Waals surface area (Å²) in [7, 11) is 0. The average molecular weight is 424 g/mol. The van der Waals surface area contributed by atoms with Gasteiger partial charge in [0.2, 0.25) is 0 Å². The van der Waals surface area contributed by atoms with Gasteiger partial charge in [-0.3, -0.25) is 9.59 Å². The third-order valence-electron chi connectivity index (χ3n) is 3.73. The molecule has 0 saturated heterocycles. The number of ether oxygens (including phenoxy) is 2. The first kappa shape index (κ1) is 26.0. The van der Waals surface area contributed by atoms with E-state index in [0.29, 0.717) is 6.42 Å². The fourth-order valence-corrected chi connectivity index (χ4v) is 1.80. The number of hydrogen-bond donors (Lipinski definition) is 1. The quantitative estimate of drug-likeness (QED) is 0.292. The van der Waals surface area contributed by atoms with Gasteiger partial charge >= 0.3 is 23.8 Å². The Balaban J connectivity index is 4.51. The molecule has 0 atom stereocenters. The van der Waals surface area contributed by atoms with Crippen molar-refractivity contribution in [2.24, 2.45) is 5.41 Å².